The summed E-state index contributed by atoms with van der Waals surface area (Å²) >= 11 is 0. The largest absolute Gasteiger partial charge is 0.334 e. The number of rotatable bonds is 4. The number of pyridine rings is 1. The molecule has 0 saturated carbocycles. The maximum atomic E-state index is 13.6. The normalized spacial score (nSPS) is 15.2. The van der Waals surface area contributed by atoms with Crippen LogP contribution in [0.2, 0.25) is 0 Å². The SMILES string of the molecule is O=C(NCc1cc(F)ccc1F)N1CCN(Cc2ccccn2)CC1. The topological polar surface area (TPSA) is 48.5 Å². The minimum absolute atomic E-state index is 0.0312. The van der Waals surface area contributed by atoms with E-state index in [-0.39, 0.29) is 18.1 Å². The molecule has 1 aromatic carbocycles. The van der Waals surface area contributed by atoms with Crippen LogP contribution in [-0.2, 0) is 13.1 Å². The van der Waals surface area contributed by atoms with E-state index in [4.69, 9.17) is 0 Å². The average molecular weight is 346 g/mol. The van der Waals surface area contributed by atoms with Crippen LogP contribution < -0.4 is 5.32 Å². The highest BCUT2D eigenvalue weighted by atomic mass is 19.1. The number of hydrogen-bond donors (Lipinski definition) is 1. The van der Waals surface area contributed by atoms with E-state index < -0.39 is 11.6 Å². The van der Waals surface area contributed by atoms with Gasteiger partial charge in [-0.2, -0.15) is 0 Å². The quantitative estimate of drug-likeness (QED) is 0.925. The standard InChI is InChI=1S/C18H20F2N4O/c19-15-4-5-17(20)14(11-15)12-22-18(25)24-9-7-23(8-10-24)13-16-3-1-2-6-21-16/h1-6,11H,7-10,12-13H2,(H,22,25). The van der Waals surface area contributed by atoms with Crippen LogP contribution in [0.5, 0.6) is 0 Å². The van der Waals surface area contributed by atoms with Crippen LogP contribution in [0.15, 0.2) is 42.6 Å². The number of carbonyl (C=O) groups is 1. The van der Waals surface area contributed by atoms with Crippen molar-refractivity contribution in [2.75, 3.05) is 26.2 Å². The van der Waals surface area contributed by atoms with E-state index >= 15 is 0 Å². The number of aromatic nitrogens is 1. The third-order valence-electron chi connectivity index (χ3n) is 4.21. The van der Waals surface area contributed by atoms with Crippen molar-refractivity contribution in [3.05, 3.63) is 65.5 Å². The fourth-order valence-electron chi connectivity index (χ4n) is 2.79. The number of benzene rings is 1. The Morgan fingerprint density at radius 3 is 2.64 bits per heavy atom. The Hall–Kier alpha value is -2.54. The minimum Gasteiger partial charge on any atom is -0.334 e. The molecule has 1 aliphatic rings. The van der Waals surface area contributed by atoms with Gasteiger partial charge < -0.3 is 10.2 Å². The number of piperazine rings is 1. The van der Waals surface area contributed by atoms with Crippen LogP contribution >= 0.6 is 0 Å². The molecule has 0 radical (unpaired) electrons. The monoisotopic (exact) mass is 346 g/mol. The van der Waals surface area contributed by atoms with Gasteiger partial charge in [0.1, 0.15) is 11.6 Å². The van der Waals surface area contributed by atoms with Crippen LogP contribution in [-0.4, -0.2) is 47.0 Å². The number of halogens is 2. The van der Waals surface area contributed by atoms with Crippen LogP contribution in [0.4, 0.5) is 13.6 Å². The van der Waals surface area contributed by atoms with Crippen LogP contribution in [0.3, 0.4) is 0 Å². The van der Waals surface area contributed by atoms with Crippen molar-refractivity contribution in [3.63, 3.8) is 0 Å². The highest BCUT2D eigenvalue weighted by Gasteiger charge is 2.21. The first-order valence-electron chi connectivity index (χ1n) is 8.21. The molecule has 1 aliphatic heterocycles. The molecule has 7 heteroatoms. The maximum absolute atomic E-state index is 13.6. The van der Waals surface area contributed by atoms with E-state index in [9.17, 15) is 13.6 Å². The summed E-state index contributed by atoms with van der Waals surface area (Å²) in [5.41, 5.74) is 1.14. The van der Waals surface area contributed by atoms with Gasteiger partial charge in [0.15, 0.2) is 0 Å². The van der Waals surface area contributed by atoms with Gasteiger partial charge in [-0.25, -0.2) is 13.6 Å². The predicted molar refractivity (Wildman–Crippen MR) is 89.7 cm³/mol. The minimum atomic E-state index is -0.526. The molecule has 0 spiro atoms. The van der Waals surface area contributed by atoms with Gasteiger partial charge in [0.25, 0.3) is 0 Å². The Bertz CT molecular complexity index is 718. The number of nitrogens with zero attached hydrogens (tertiary/aromatic N) is 3. The summed E-state index contributed by atoms with van der Waals surface area (Å²) in [6, 6.07) is 8.77. The number of hydrogen-bond acceptors (Lipinski definition) is 3. The van der Waals surface area contributed by atoms with Crippen molar-refractivity contribution in [1.82, 2.24) is 20.1 Å². The van der Waals surface area contributed by atoms with Gasteiger partial charge in [0, 0.05) is 51.0 Å². The number of nitrogens with one attached hydrogen (secondary N) is 1. The molecule has 5 nitrogen and oxygen atoms in total. The van der Waals surface area contributed by atoms with Crippen molar-refractivity contribution >= 4 is 6.03 Å². The van der Waals surface area contributed by atoms with E-state index in [1.165, 1.54) is 0 Å². The van der Waals surface area contributed by atoms with E-state index in [2.05, 4.69) is 15.2 Å². The van der Waals surface area contributed by atoms with Crippen LogP contribution in [0, 0.1) is 11.6 Å². The van der Waals surface area contributed by atoms with Crippen molar-refractivity contribution < 1.29 is 13.6 Å². The Kier molecular flexibility index (Phi) is 5.55. The van der Waals surface area contributed by atoms with E-state index in [0.717, 1.165) is 43.5 Å². The number of urea groups is 1. The molecule has 3 rings (SSSR count). The molecule has 1 aromatic heterocycles. The summed E-state index contributed by atoms with van der Waals surface area (Å²) in [5.74, 6) is -1.05. The summed E-state index contributed by atoms with van der Waals surface area (Å²) in [4.78, 5) is 20.4. The molecule has 1 saturated heterocycles. The van der Waals surface area contributed by atoms with Gasteiger partial charge >= 0.3 is 6.03 Å². The van der Waals surface area contributed by atoms with Gasteiger partial charge in [-0.05, 0) is 30.3 Å². The second-order valence-electron chi connectivity index (χ2n) is 5.98. The highest BCUT2D eigenvalue weighted by Crippen LogP contribution is 2.10. The van der Waals surface area contributed by atoms with Gasteiger partial charge in [0.2, 0.25) is 0 Å². The molecule has 1 N–H and O–H groups in total. The Morgan fingerprint density at radius 2 is 1.92 bits per heavy atom. The summed E-state index contributed by atoms with van der Waals surface area (Å²) in [7, 11) is 0. The van der Waals surface area contributed by atoms with E-state index in [1.807, 2.05) is 18.2 Å². The third kappa shape index (κ3) is 4.73. The molecule has 2 amide bonds. The molecule has 1 fully saturated rings. The predicted octanol–water partition coefficient (Wildman–Crippen LogP) is 2.39. The summed E-state index contributed by atoms with van der Waals surface area (Å²) in [6.45, 7) is 3.40. The zero-order valence-corrected chi connectivity index (χ0v) is 13.8. The first-order valence-corrected chi connectivity index (χ1v) is 8.21. The molecular weight excluding hydrogens is 326 g/mol. The smallest absolute Gasteiger partial charge is 0.317 e. The molecule has 132 valence electrons. The lowest BCUT2D eigenvalue weighted by atomic mass is 10.2. The molecule has 2 heterocycles. The second kappa shape index (κ2) is 8.02. The van der Waals surface area contributed by atoms with Gasteiger partial charge in [-0.1, -0.05) is 6.07 Å². The molecule has 0 atom stereocenters. The van der Waals surface area contributed by atoms with Gasteiger partial charge in [-0.15, -0.1) is 0 Å². The Balaban J connectivity index is 1.46. The highest BCUT2D eigenvalue weighted by molar-refractivity contribution is 5.74. The molecule has 25 heavy (non-hydrogen) atoms. The summed E-state index contributed by atoms with van der Waals surface area (Å²) < 4.78 is 26.7. The maximum Gasteiger partial charge on any atom is 0.317 e. The number of amides is 2. The van der Waals surface area contributed by atoms with Crippen LogP contribution in [0.1, 0.15) is 11.3 Å². The van der Waals surface area contributed by atoms with Crippen molar-refractivity contribution in [2.45, 2.75) is 13.1 Å². The lowest BCUT2D eigenvalue weighted by Crippen LogP contribution is -2.51. The molecule has 0 aliphatic carbocycles. The first-order chi connectivity index (χ1) is 12.1. The fraction of sp³-hybridized carbons (Fsp3) is 0.333. The first kappa shape index (κ1) is 17.3. The molecular formula is C18H20F2N4O. The van der Waals surface area contributed by atoms with Crippen molar-refractivity contribution in [1.29, 1.82) is 0 Å². The van der Waals surface area contributed by atoms with Crippen molar-refractivity contribution in [2.24, 2.45) is 0 Å². The van der Waals surface area contributed by atoms with E-state index in [1.54, 1.807) is 11.1 Å². The Morgan fingerprint density at radius 1 is 1.12 bits per heavy atom. The van der Waals surface area contributed by atoms with Crippen molar-refractivity contribution in [3.8, 4) is 0 Å². The molecule has 0 unspecified atom stereocenters. The number of carbonyl (C=O) groups excluding carboxylic acids is 1. The van der Waals surface area contributed by atoms with Crippen LogP contribution in [0.25, 0.3) is 0 Å². The second-order valence-corrected chi connectivity index (χ2v) is 5.98. The van der Waals surface area contributed by atoms with E-state index in [0.29, 0.717) is 13.1 Å². The summed E-state index contributed by atoms with van der Waals surface area (Å²) in [6.07, 6.45) is 1.77. The Labute approximate surface area is 145 Å². The molecule has 0 bridgehead atoms. The lowest BCUT2D eigenvalue weighted by Gasteiger charge is -2.34. The third-order valence-corrected chi connectivity index (χ3v) is 4.21. The average Bonchev–Trinajstić information content (AvgIpc) is 2.64. The lowest BCUT2D eigenvalue weighted by molar-refractivity contribution is 0.134. The zero-order chi connectivity index (χ0) is 17.6. The molecule has 2 aromatic rings. The van der Waals surface area contributed by atoms with Gasteiger partial charge in [-0.3, -0.25) is 9.88 Å². The van der Waals surface area contributed by atoms with Gasteiger partial charge in [0.05, 0.1) is 5.69 Å². The zero-order valence-electron chi connectivity index (χ0n) is 13.8. The fourth-order valence-corrected chi connectivity index (χ4v) is 2.79. The summed E-state index contributed by atoms with van der Waals surface area (Å²) in [5, 5.41) is 2.65.